The van der Waals surface area contributed by atoms with Crippen molar-refractivity contribution in [3.8, 4) is 0 Å². The molecule has 28 heavy (non-hydrogen) atoms. The van der Waals surface area contributed by atoms with Gasteiger partial charge in [0.15, 0.2) is 5.78 Å². The van der Waals surface area contributed by atoms with E-state index in [0.29, 0.717) is 31.6 Å². The number of pyridine rings is 1. The van der Waals surface area contributed by atoms with Gasteiger partial charge in [0.25, 0.3) is 0 Å². The lowest BCUT2D eigenvalue weighted by molar-refractivity contribution is -0.0861. The number of aromatic nitrogens is 1. The molecule has 2 aliphatic rings. The fraction of sp³-hybridized carbons (Fsp3) is 0.500. The highest BCUT2D eigenvalue weighted by atomic mass is 16.6. The number of fused-ring (bicyclic) bond motifs is 3. The topological polar surface area (TPSA) is 68.7 Å². The molecular weight excluding hydrogens is 356 g/mol. The van der Waals surface area contributed by atoms with E-state index >= 15 is 0 Å². The van der Waals surface area contributed by atoms with Crippen LogP contribution in [0, 0.1) is 5.92 Å². The number of Topliss-reactive ketones (excluding diaryl/α,β-unsaturated/α-hetero) is 1. The van der Waals surface area contributed by atoms with Crippen molar-refractivity contribution in [1.29, 1.82) is 0 Å². The fourth-order valence-electron chi connectivity index (χ4n) is 4.26. The van der Waals surface area contributed by atoms with Crippen LogP contribution in [-0.4, -0.2) is 52.7 Å². The molecule has 0 radical (unpaired) electrons. The monoisotopic (exact) mass is 382 g/mol. The molecule has 0 N–H and O–H groups in total. The van der Waals surface area contributed by atoms with E-state index in [1.807, 2.05) is 51.1 Å². The van der Waals surface area contributed by atoms with E-state index in [-0.39, 0.29) is 29.9 Å². The third kappa shape index (κ3) is 3.61. The number of para-hydroxylation sites is 1. The summed E-state index contributed by atoms with van der Waals surface area (Å²) < 4.78 is 11.3. The molecule has 1 amide bonds. The highest BCUT2D eigenvalue weighted by Crippen LogP contribution is 2.35. The van der Waals surface area contributed by atoms with Crippen molar-refractivity contribution >= 4 is 22.8 Å². The van der Waals surface area contributed by atoms with Gasteiger partial charge < -0.3 is 9.47 Å². The number of piperidine rings is 1. The predicted octanol–water partition coefficient (Wildman–Crippen LogP) is 3.83. The van der Waals surface area contributed by atoms with Crippen LogP contribution in [0.2, 0.25) is 0 Å². The van der Waals surface area contributed by atoms with Gasteiger partial charge in [-0.2, -0.15) is 0 Å². The van der Waals surface area contributed by atoms with E-state index in [4.69, 9.17) is 9.47 Å². The summed E-state index contributed by atoms with van der Waals surface area (Å²) in [6.07, 6.45) is 2.56. The molecule has 4 rings (SSSR count). The Bertz CT molecular complexity index is 886. The number of benzene rings is 1. The van der Waals surface area contributed by atoms with Gasteiger partial charge in [0, 0.05) is 23.1 Å². The highest BCUT2D eigenvalue weighted by molar-refractivity contribution is 6.07. The van der Waals surface area contributed by atoms with Gasteiger partial charge >= 0.3 is 6.09 Å². The molecule has 2 aromatic rings. The molecule has 148 valence electrons. The van der Waals surface area contributed by atoms with Crippen LogP contribution < -0.4 is 0 Å². The van der Waals surface area contributed by atoms with Crippen LogP contribution in [-0.2, 0) is 9.47 Å². The van der Waals surface area contributed by atoms with Crippen LogP contribution in [0.15, 0.2) is 36.5 Å². The molecule has 0 spiro atoms. The summed E-state index contributed by atoms with van der Waals surface area (Å²) in [5.74, 6) is -0.0461. The first-order chi connectivity index (χ1) is 13.3. The Hall–Kier alpha value is -2.47. The number of carbonyl (C=O) groups is 2. The van der Waals surface area contributed by atoms with Crippen molar-refractivity contribution in [1.82, 2.24) is 9.88 Å². The molecule has 6 nitrogen and oxygen atoms in total. The third-order valence-corrected chi connectivity index (χ3v) is 5.39. The molecule has 1 aromatic carbocycles. The SMILES string of the molecule is CC(C)(C)OC(=O)N1C2COCC1CC(C(=O)c1cccc3cccnc13)C2. The second kappa shape index (κ2) is 7.17. The average molecular weight is 382 g/mol. The summed E-state index contributed by atoms with van der Waals surface area (Å²) in [4.78, 5) is 32.3. The number of rotatable bonds is 2. The zero-order valence-corrected chi connectivity index (χ0v) is 16.6. The minimum Gasteiger partial charge on any atom is -0.444 e. The molecule has 3 heterocycles. The zero-order valence-electron chi connectivity index (χ0n) is 16.6. The van der Waals surface area contributed by atoms with Gasteiger partial charge in [-0.15, -0.1) is 0 Å². The van der Waals surface area contributed by atoms with E-state index in [9.17, 15) is 9.59 Å². The van der Waals surface area contributed by atoms with Crippen molar-refractivity contribution in [2.75, 3.05) is 13.2 Å². The van der Waals surface area contributed by atoms with Crippen LogP contribution in [0.25, 0.3) is 10.9 Å². The summed E-state index contributed by atoms with van der Waals surface area (Å²) >= 11 is 0. The molecule has 2 saturated heterocycles. The van der Waals surface area contributed by atoms with Crippen molar-refractivity contribution in [3.05, 3.63) is 42.1 Å². The minimum absolute atomic E-state index is 0.102. The van der Waals surface area contributed by atoms with E-state index < -0.39 is 5.60 Å². The first kappa shape index (κ1) is 18.9. The van der Waals surface area contributed by atoms with Gasteiger partial charge in [-0.05, 0) is 45.7 Å². The van der Waals surface area contributed by atoms with E-state index in [1.165, 1.54) is 0 Å². The molecule has 2 fully saturated rings. The maximum Gasteiger partial charge on any atom is 0.410 e. The number of hydrogen-bond donors (Lipinski definition) is 0. The van der Waals surface area contributed by atoms with E-state index in [2.05, 4.69) is 4.98 Å². The number of nitrogens with zero attached hydrogens (tertiary/aromatic N) is 2. The fourth-order valence-corrected chi connectivity index (χ4v) is 4.26. The van der Waals surface area contributed by atoms with E-state index in [0.717, 1.165) is 10.9 Å². The van der Waals surface area contributed by atoms with Crippen LogP contribution in [0.4, 0.5) is 4.79 Å². The van der Waals surface area contributed by atoms with Gasteiger partial charge in [-0.1, -0.05) is 18.2 Å². The van der Waals surface area contributed by atoms with Crippen molar-refractivity contribution in [2.24, 2.45) is 5.92 Å². The molecular formula is C22H26N2O4. The molecule has 0 saturated carbocycles. The van der Waals surface area contributed by atoms with Crippen LogP contribution in [0.1, 0.15) is 44.0 Å². The van der Waals surface area contributed by atoms with Gasteiger partial charge in [-0.3, -0.25) is 14.7 Å². The molecule has 6 heteroatoms. The van der Waals surface area contributed by atoms with Gasteiger partial charge in [-0.25, -0.2) is 4.79 Å². The number of morpholine rings is 1. The summed E-state index contributed by atoms with van der Waals surface area (Å²) in [5, 5.41) is 0.961. The lowest BCUT2D eigenvalue weighted by Gasteiger charge is -2.47. The molecule has 1 aromatic heterocycles. The summed E-state index contributed by atoms with van der Waals surface area (Å²) in [5.41, 5.74) is 0.854. The quantitative estimate of drug-likeness (QED) is 0.739. The van der Waals surface area contributed by atoms with Crippen LogP contribution in [0.5, 0.6) is 0 Å². The van der Waals surface area contributed by atoms with Gasteiger partial charge in [0.1, 0.15) is 5.60 Å². The Morgan fingerprint density at radius 2 is 1.79 bits per heavy atom. The maximum atomic E-state index is 13.3. The van der Waals surface area contributed by atoms with Crippen molar-refractivity contribution in [2.45, 2.75) is 51.3 Å². The van der Waals surface area contributed by atoms with Crippen LogP contribution >= 0.6 is 0 Å². The summed E-state index contributed by atoms with van der Waals surface area (Å²) in [6.45, 7) is 6.46. The number of hydrogen-bond acceptors (Lipinski definition) is 5. The smallest absolute Gasteiger partial charge is 0.410 e. The molecule has 2 atom stereocenters. The number of amides is 1. The zero-order chi connectivity index (χ0) is 19.9. The number of ether oxygens (including phenoxy) is 2. The molecule has 2 aliphatic heterocycles. The second-order valence-corrected chi connectivity index (χ2v) is 8.65. The molecule has 2 bridgehead atoms. The lowest BCUT2D eigenvalue weighted by atomic mass is 9.80. The first-order valence-corrected chi connectivity index (χ1v) is 9.80. The summed E-state index contributed by atoms with van der Waals surface area (Å²) in [6, 6.07) is 9.27. The standard InChI is InChI=1S/C22H26N2O4/c1-22(2,3)28-21(26)24-16-10-15(11-17(24)13-27-12-16)20(25)18-8-4-6-14-7-5-9-23-19(14)18/h4-9,15-17H,10-13H2,1-3H3. The largest absolute Gasteiger partial charge is 0.444 e. The Kier molecular flexibility index (Phi) is 4.83. The van der Waals surface area contributed by atoms with Crippen molar-refractivity contribution < 1.29 is 19.1 Å². The molecule has 0 aliphatic carbocycles. The average Bonchev–Trinajstić information content (AvgIpc) is 2.64. The predicted molar refractivity (Wildman–Crippen MR) is 105 cm³/mol. The normalized spacial score (nSPS) is 24.8. The highest BCUT2D eigenvalue weighted by Gasteiger charge is 2.45. The Morgan fingerprint density at radius 1 is 1.11 bits per heavy atom. The van der Waals surface area contributed by atoms with E-state index in [1.54, 1.807) is 11.1 Å². The lowest BCUT2D eigenvalue weighted by Crippen LogP contribution is -2.60. The maximum absolute atomic E-state index is 13.3. The Morgan fingerprint density at radius 3 is 2.46 bits per heavy atom. The second-order valence-electron chi connectivity index (χ2n) is 8.65. The summed E-state index contributed by atoms with van der Waals surface area (Å²) in [7, 11) is 0. The van der Waals surface area contributed by atoms with Crippen molar-refractivity contribution in [3.63, 3.8) is 0 Å². The number of ketones is 1. The molecule has 2 unspecified atom stereocenters. The minimum atomic E-state index is -0.548. The van der Waals surface area contributed by atoms with Crippen LogP contribution in [0.3, 0.4) is 0 Å². The Balaban J connectivity index is 1.57. The third-order valence-electron chi connectivity index (χ3n) is 5.39. The Labute approximate surface area is 164 Å². The number of carbonyl (C=O) groups excluding carboxylic acids is 2. The van der Waals surface area contributed by atoms with Gasteiger partial charge in [0.2, 0.25) is 0 Å². The van der Waals surface area contributed by atoms with Gasteiger partial charge in [0.05, 0.1) is 30.8 Å². The first-order valence-electron chi connectivity index (χ1n) is 9.80.